The van der Waals surface area contributed by atoms with E-state index in [1.54, 1.807) is 6.20 Å². The Bertz CT molecular complexity index is 1410. The highest BCUT2D eigenvalue weighted by Gasteiger charge is 2.32. The van der Waals surface area contributed by atoms with Gasteiger partial charge in [0.15, 0.2) is 0 Å². The largest absolute Gasteiger partial charge is 0.300 e. The van der Waals surface area contributed by atoms with Gasteiger partial charge in [0.1, 0.15) is 11.6 Å². The van der Waals surface area contributed by atoms with Gasteiger partial charge in [0, 0.05) is 47.7 Å². The predicted octanol–water partition coefficient (Wildman–Crippen LogP) is 5.06. The molecule has 0 radical (unpaired) electrons. The van der Waals surface area contributed by atoms with Crippen LogP contribution in [0.1, 0.15) is 24.5 Å². The Kier molecular flexibility index (Phi) is 3.74. The molecule has 0 amide bonds. The molecule has 6 rings (SSSR count). The minimum atomic E-state index is 0.189. The van der Waals surface area contributed by atoms with Gasteiger partial charge in [-0.25, -0.2) is 9.97 Å². The van der Waals surface area contributed by atoms with E-state index in [4.69, 9.17) is 9.97 Å². The van der Waals surface area contributed by atoms with Gasteiger partial charge in [0.05, 0.1) is 28.6 Å². The third kappa shape index (κ3) is 2.70. The van der Waals surface area contributed by atoms with Crippen LogP contribution >= 0.6 is 0 Å². The van der Waals surface area contributed by atoms with Crippen molar-refractivity contribution in [1.29, 1.82) is 0 Å². The fraction of sp³-hybridized carbons (Fsp3) is 0.120. The van der Waals surface area contributed by atoms with E-state index in [1.807, 2.05) is 30.6 Å². The highest BCUT2D eigenvalue weighted by atomic mass is 16.1. The Morgan fingerprint density at radius 1 is 0.900 bits per heavy atom. The second-order valence-corrected chi connectivity index (χ2v) is 7.77. The zero-order valence-corrected chi connectivity index (χ0v) is 16.2. The van der Waals surface area contributed by atoms with Crippen LogP contribution in [-0.4, -0.2) is 25.1 Å². The number of aromatic nitrogens is 4. The SMILES string of the molecule is O=C1CC(c2nc(-c3ccc4ccc(-c5ccccc5)nc4c3)n3ccncc23)C1. The first kappa shape index (κ1) is 17.0. The Morgan fingerprint density at radius 3 is 2.57 bits per heavy atom. The summed E-state index contributed by atoms with van der Waals surface area (Å²) < 4.78 is 2.06. The standard InChI is InChI=1S/C25H18N4O/c30-20-12-19(13-20)24-23-15-26-10-11-29(23)25(28-24)18-7-6-17-8-9-21(27-22(17)14-18)16-4-2-1-3-5-16/h1-11,14-15,19H,12-13H2. The summed E-state index contributed by atoms with van der Waals surface area (Å²) in [5.41, 5.74) is 5.91. The van der Waals surface area contributed by atoms with Gasteiger partial charge in [0.2, 0.25) is 0 Å². The topological polar surface area (TPSA) is 60.2 Å². The van der Waals surface area contributed by atoms with Crippen LogP contribution < -0.4 is 0 Å². The van der Waals surface area contributed by atoms with Crippen molar-refractivity contribution in [3.8, 4) is 22.6 Å². The normalized spacial score (nSPS) is 14.3. The number of hydrogen-bond donors (Lipinski definition) is 0. The van der Waals surface area contributed by atoms with Crippen molar-refractivity contribution in [2.75, 3.05) is 0 Å². The first-order chi connectivity index (χ1) is 14.8. The Balaban J connectivity index is 1.50. The summed E-state index contributed by atoms with van der Waals surface area (Å²) in [6, 6.07) is 20.6. The van der Waals surface area contributed by atoms with Crippen molar-refractivity contribution >= 4 is 22.2 Å². The van der Waals surface area contributed by atoms with Crippen molar-refractivity contribution in [2.24, 2.45) is 0 Å². The lowest BCUT2D eigenvalue weighted by atomic mass is 9.81. The third-order valence-corrected chi connectivity index (χ3v) is 5.83. The molecule has 5 nitrogen and oxygen atoms in total. The average molecular weight is 390 g/mol. The average Bonchev–Trinajstić information content (AvgIpc) is 3.16. The summed E-state index contributed by atoms with van der Waals surface area (Å²) in [6.07, 6.45) is 6.67. The number of fused-ring (bicyclic) bond motifs is 2. The van der Waals surface area contributed by atoms with Crippen LogP contribution in [0, 0.1) is 0 Å². The van der Waals surface area contributed by atoms with Crippen molar-refractivity contribution < 1.29 is 4.79 Å². The lowest BCUT2D eigenvalue weighted by molar-refractivity contribution is -0.124. The molecule has 1 saturated carbocycles. The molecule has 1 aliphatic carbocycles. The maximum Gasteiger partial charge on any atom is 0.145 e. The lowest BCUT2D eigenvalue weighted by Crippen LogP contribution is -2.21. The number of benzene rings is 2. The van der Waals surface area contributed by atoms with Crippen molar-refractivity contribution in [3.63, 3.8) is 0 Å². The maximum absolute atomic E-state index is 11.5. The van der Waals surface area contributed by atoms with Crippen molar-refractivity contribution in [1.82, 2.24) is 19.4 Å². The molecule has 3 aromatic heterocycles. The first-order valence-corrected chi connectivity index (χ1v) is 10.1. The molecule has 5 aromatic rings. The molecular formula is C25H18N4O. The maximum atomic E-state index is 11.5. The van der Waals surface area contributed by atoms with E-state index in [0.29, 0.717) is 18.6 Å². The lowest BCUT2D eigenvalue weighted by Gasteiger charge is -2.22. The van der Waals surface area contributed by atoms with E-state index in [-0.39, 0.29) is 5.92 Å². The van der Waals surface area contributed by atoms with Gasteiger partial charge in [-0.05, 0) is 12.1 Å². The number of nitrogens with zero attached hydrogens (tertiary/aromatic N) is 4. The van der Waals surface area contributed by atoms with Gasteiger partial charge in [-0.2, -0.15) is 0 Å². The number of carbonyl (C=O) groups is 1. The summed E-state index contributed by atoms with van der Waals surface area (Å²) in [7, 11) is 0. The summed E-state index contributed by atoms with van der Waals surface area (Å²) in [5.74, 6) is 1.35. The molecule has 5 heteroatoms. The Morgan fingerprint density at radius 2 is 1.73 bits per heavy atom. The van der Waals surface area contributed by atoms with E-state index in [9.17, 15) is 4.79 Å². The number of imidazole rings is 1. The van der Waals surface area contributed by atoms with Gasteiger partial charge in [-0.1, -0.05) is 48.5 Å². The molecule has 144 valence electrons. The van der Waals surface area contributed by atoms with Crippen LogP contribution in [0.5, 0.6) is 0 Å². The molecule has 2 aromatic carbocycles. The quantitative estimate of drug-likeness (QED) is 0.432. The summed E-state index contributed by atoms with van der Waals surface area (Å²) >= 11 is 0. The molecule has 3 heterocycles. The van der Waals surface area contributed by atoms with Crippen LogP contribution in [0.25, 0.3) is 39.1 Å². The zero-order chi connectivity index (χ0) is 20.1. The smallest absolute Gasteiger partial charge is 0.145 e. The second-order valence-electron chi connectivity index (χ2n) is 7.77. The van der Waals surface area contributed by atoms with Gasteiger partial charge < -0.3 is 0 Å². The molecule has 0 aliphatic heterocycles. The Labute approximate surface area is 173 Å². The van der Waals surface area contributed by atoms with Crippen LogP contribution in [-0.2, 0) is 4.79 Å². The fourth-order valence-electron chi connectivity index (χ4n) is 4.17. The summed E-state index contributed by atoms with van der Waals surface area (Å²) in [6.45, 7) is 0. The number of ketones is 1. The van der Waals surface area contributed by atoms with Crippen molar-refractivity contribution in [3.05, 3.63) is 84.9 Å². The number of Topliss-reactive ketones (excluding diaryl/α,β-unsaturated/α-hetero) is 1. The highest BCUT2D eigenvalue weighted by Crippen LogP contribution is 2.37. The number of hydrogen-bond acceptors (Lipinski definition) is 4. The molecular weight excluding hydrogens is 372 g/mol. The zero-order valence-electron chi connectivity index (χ0n) is 16.2. The number of pyridine rings is 1. The van der Waals surface area contributed by atoms with E-state index < -0.39 is 0 Å². The van der Waals surface area contributed by atoms with Gasteiger partial charge in [-0.15, -0.1) is 0 Å². The second kappa shape index (κ2) is 6.59. The molecule has 0 bridgehead atoms. The van der Waals surface area contributed by atoms with Gasteiger partial charge >= 0.3 is 0 Å². The van der Waals surface area contributed by atoms with E-state index in [1.165, 1.54) is 0 Å². The van der Waals surface area contributed by atoms with Crippen LogP contribution in [0.15, 0.2) is 79.3 Å². The minimum Gasteiger partial charge on any atom is -0.300 e. The summed E-state index contributed by atoms with van der Waals surface area (Å²) in [5, 5.41) is 1.09. The third-order valence-electron chi connectivity index (χ3n) is 5.83. The molecule has 0 atom stereocenters. The first-order valence-electron chi connectivity index (χ1n) is 10.1. The molecule has 30 heavy (non-hydrogen) atoms. The molecule has 0 saturated heterocycles. The fourth-order valence-corrected chi connectivity index (χ4v) is 4.17. The monoisotopic (exact) mass is 390 g/mol. The van der Waals surface area contributed by atoms with Crippen LogP contribution in [0.3, 0.4) is 0 Å². The Hall–Kier alpha value is -3.86. The number of rotatable bonds is 3. The van der Waals surface area contributed by atoms with E-state index in [2.05, 4.69) is 51.8 Å². The number of carbonyl (C=O) groups excluding carboxylic acids is 1. The molecule has 0 unspecified atom stereocenters. The minimum absolute atomic E-state index is 0.189. The highest BCUT2D eigenvalue weighted by molar-refractivity contribution is 5.88. The van der Waals surface area contributed by atoms with E-state index in [0.717, 1.165) is 44.8 Å². The molecule has 0 N–H and O–H groups in total. The van der Waals surface area contributed by atoms with E-state index >= 15 is 0 Å². The van der Waals surface area contributed by atoms with Crippen LogP contribution in [0.2, 0.25) is 0 Å². The predicted molar refractivity (Wildman–Crippen MR) is 116 cm³/mol. The van der Waals surface area contributed by atoms with Crippen molar-refractivity contribution in [2.45, 2.75) is 18.8 Å². The van der Waals surface area contributed by atoms with Crippen LogP contribution in [0.4, 0.5) is 0 Å². The molecule has 0 spiro atoms. The van der Waals surface area contributed by atoms with Gasteiger partial charge in [0.25, 0.3) is 0 Å². The summed E-state index contributed by atoms with van der Waals surface area (Å²) in [4.78, 5) is 25.7. The molecule has 1 aliphatic rings. The van der Waals surface area contributed by atoms with Gasteiger partial charge in [-0.3, -0.25) is 14.2 Å². The molecule has 1 fully saturated rings.